The van der Waals surface area contributed by atoms with Crippen LogP contribution in [0.1, 0.15) is 216 Å². The summed E-state index contributed by atoms with van der Waals surface area (Å²) in [6.45, 7) is 15.5. The lowest BCUT2D eigenvalue weighted by Crippen LogP contribution is -2.50. The van der Waals surface area contributed by atoms with Crippen molar-refractivity contribution in [2.45, 2.75) is 196 Å². The molecule has 17 atom stereocenters. The molecular weight excluding hydrogens is 995 g/mol. The van der Waals surface area contributed by atoms with Crippen molar-refractivity contribution in [3.63, 3.8) is 0 Å². The Morgan fingerprint density at radius 3 is 1.43 bits per heavy atom. The van der Waals surface area contributed by atoms with Crippen molar-refractivity contribution in [1.29, 1.82) is 0 Å². The van der Waals surface area contributed by atoms with Crippen molar-refractivity contribution in [2.24, 2.45) is 85.8 Å². The number of hydrogen-bond acceptors (Lipinski definition) is 7. The molecule has 81 heavy (non-hydrogen) atoms. The maximum Gasteiger partial charge on any atom is 0.302 e. The minimum Gasteiger partial charge on any atom is -0.462 e. The van der Waals surface area contributed by atoms with Crippen molar-refractivity contribution in [3.05, 3.63) is 143 Å². The Balaban J connectivity index is 0.000000127. The molecular formula is C74H93N3O4. The van der Waals surface area contributed by atoms with Crippen LogP contribution in [0.3, 0.4) is 0 Å². The lowest BCUT2D eigenvalue weighted by Gasteiger charge is -2.57. The second-order valence-corrected chi connectivity index (χ2v) is 28.7. The second-order valence-electron chi connectivity index (χ2n) is 28.7. The number of carbonyl (C=O) groups excluding carboxylic acids is 2. The van der Waals surface area contributed by atoms with Crippen LogP contribution in [0, 0.1) is 85.8 Å². The highest BCUT2D eigenvalue weighted by molar-refractivity contribution is 5.91. The molecule has 3 aromatic rings. The molecule has 0 radical (unpaired) electrons. The Morgan fingerprint density at radius 2 is 0.938 bits per heavy atom. The third-order valence-electron chi connectivity index (χ3n) is 25.4. The molecule has 0 saturated heterocycles. The van der Waals surface area contributed by atoms with E-state index >= 15 is 0 Å². The molecule has 0 spiro atoms. The van der Waals surface area contributed by atoms with Gasteiger partial charge >= 0.3 is 5.97 Å². The summed E-state index contributed by atoms with van der Waals surface area (Å²) < 4.78 is 103. The average Bonchev–Trinajstić information content (AvgIpc) is 1.69. The van der Waals surface area contributed by atoms with E-state index in [2.05, 4.69) is 86.9 Å². The van der Waals surface area contributed by atoms with E-state index in [1.807, 2.05) is 6.08 Å². The number of carbonyl (C=O) groups is 2. The first kappa shape index (κ1) is 42.7. The number of pyridine rings is 3. The number of ether oxygens (including phenoxy) is 1. The Labute approximate surface area is 502 Å². The highest BCUT2D eigenvalue weighted by Gasteiger charge is 2.60. The van der Waals surface area contributed by atoms with E-state index in [4.69, 9.17) is 21.2 Å². The van der Waals surface area contributed by atoms with Gasteiger partial charge in [-0.3, -0.25) is 24.5 Å². The van der Waals surface area contributed by atoms with E-state index in [0.29, 0.717) is 76.4 Å². The molecule has 7 heteroatoms. The number of esters is 1. The molecule has 7 nitrogen and oxygen atoms in total. The zero-order chi connectivity index (χ0) is 66.6. The minimum absolute atomic E-state index is 0.00417. The Hall–Kier alpha value is -5.01. The molecule has 6 fully saturated rings. The van der Waals surface area contributed by atoms with Gasteiger partial charge in [-0.05, 0) is 265 Å². The minimum atomic E-state index is -0.292. The number of aliphatic hydroxyl groups excluding tert-OH is 1. The summed E-state index contributed by atoms with van der Waals surface area (Å²) in [6.07, 6.45) is 32.8. The van der Waals surface area contributed by atoms with E-state index in [-0.39, 0.29) is 130 Å². The molecule has 0 aliphatic heterocycles. The van der Waals surface area contributed by atoms with Gasteiger partial charge in [0.25, 0.3) is 0 Å². The van der Waals surface area contributed by atoms with E-state index in [9.17, 15) is 14.7 Å². The van der Waals surface area contributed by atoms with Gasteiger partial charge in [-0.15, -0.1) is 0 Å². The lowest BCUT2D eigenvalue weighted by atomic mass is 9.46. The van der Waals surface area contributed by atoms with E-state index in [0.717, 1.165) is 145 Å². The number of aromatic nitrogens is 3. The largest absolute Gasteiger partial charge is 0.462 e. The molecule has 0 amide bonds. The Bertz CT molecular complexity index is 3840. The normalized spacial score (nSPS) is 44.3. The Morgan fingerprint density at radius 1 is 0.506 bits per heavy atom. The van der Waals surface area contributed by atoms with Gasteiger partial charge in [-0.2, -0.15) is 0 Å². The van der Waals surface area contributed by atoms with Crippen LogP contribution in [0.5, 0.6) is 0 Å². The first-order valence-corrected chi connectivity index (χ1v) is 31.3. The fraction of sp³-hybridized carbons (Fsp3) is 0.608. The predicted octanol–water partition coefficient (Wildman–Crippen LogP) is 17.0. The number of ketones is 1. The third-order valence-corrected chi connectivity index (χ3v) is 25.4. The van der Waals surface area contributed by atoms with E-state index < -0.39 is 0 Å². The van der Waals surface area contributed by atoms with Crippen LogP contribution in [0.25, 0.3) is 16.7 Å². The molecule has 0 aromatic carbocycles. The van der Waals surface area contributed by atoms with Crippen LogP contribution < -0.4 is 0 Å². The number of fused-ring (bicyclic) bond motifs is 15. The first-order valence-electron chi connectivity index (χ1n) is 37.3. The molecule has 3 heterocycles. The lowest BCUT2D eigenvalue weighted by molar-refractivity contribution is -0.148. The van der Waals surface area contributed by atoms with Crippen molar-refractivity contribution in [1.82, 2.24) is 15.0 Å². The highest BCUT2D eigenvalue weighted by atomic mass is 16.5. The maximum absolute atomic E-state index is 12.0. The molecule has 6 saturated carbocycles. The quantitative estimate of drug-likeness (QED) is 0.205. The van der Waals surface area contributed by atoms with Crippen LogP contribution in [-0.2, 0) is 14.3 Å². The highest BCUT2D eigenvalue weighted by Crippen LogP contribution is 2.70. The van der Waals surface area contributed by atoms with Gasteiger partial charge in [0.05, 0.1) is 22.6 Å². The van der Waals surface area contributed by atoms with Gasteiger partial charge in [0.2, 0.25) is 0 Å². The second kappa shape index (κ2) is 20.9. The molecule has 428 valence electrons. The number of nitrogens with zero attached hydrogens (tertiary/aromatic N) is 3. The van der Waals surface area contributed by atoms with Crippen LogP contribution in [0.15, 0.2) is 126 Å². The fourth-order valence-corrected chi connectivity index (χ4v) is 21.1. The number of aliphatic hydroxyl groups is 1. The average molecular weight is 1100 g/mol. The molecule has 12 aliphatic carbocycles. The molecule has 12 aliphatic rings. The third kappa shape index (κ3) is 9.15. The molecule has 0 bridgehead atoms. The van der Waals surface area contributed by atoms with Gasteiger partial charge in [0.1, 0.15) is 6.10 Å². The SMILES string of the molecule is [2H]c1nc([2H])c(C2=CCC3C4CC=C5C[C@@H](O)CC[C@]5(C)C4CC[C@]23C)c([2H])c1[2H].[2H]c1nc([2H])c(C2=CCC3C4CC=C5C[C@@H](OC(C)=O)CC[C@]5(C)C4CC[C@]23C)c([2H])c1[2H].[2H]c1nc([2H])c(C2=CCC3C4CCC5=CC(=O)CC[C@]5(C)C4CC[C@]23C)c([2H])c1[2H]. The summed E-state index contributed by atoms with van der Waals surface area (Å²) in [6, 6.07) is -0.631. The van der Waals surface area contributed by atoms with Crippen molar-refractivity contribution >= 4 is 28.5 Å². The van der Waals surface area contributed by atoms with Gasteiger partial charge in [-0.1, -0.05) is 107 Å². The monoisotopic (exact) mass is 1100 g/mol. The van der Waals surface area contributed by atoms with E-state index in [1.165, 1.54) is 23.6 Å². The van der Waals surface area contributed by atoms with Crippen LogP contribution >= 0.6 is 0 Å². The predicted molar refractivity (Wildman–Crippen MR) is 324 cm³/mol. The van der Waals surface area contributed by atoms with Crippen LogP contribution in [0.4, 0.5) is 0 Å². The zero-order valence-electron chi connectivity index (χ0n) is 61.2. The zero-order valence-corrected chi connectivity index (χ0v) is 49.2. The van der Waals surface area contributed by atoms with Crippen molar-refractivity contribution < 1.29 is 35.9 Å². The number of hydrogen-bond donors (Lipinski definition) is 1. The molecule has 9 unspecified atom stereocenters. The van der Waals surface area contributed by atoms with Gasteiger partial charge in [-0.25, -0.2) is 0 Å². The summed E-state index contributed by atoms with van der Waals surface area (Å²) in [5.41, 5.74) is 8.81. The molecule has 3 aromatic heterocycles. The Kier molecular flexibility index (Phi) is 11.1. The van der Waals surface area contributed by atoms with Crippen LogP contribution in [0.2, 0.25) is 0 Å². The van der Waals surface area contributed by atoms with E-state index in [1.54, 1.807) is 0 Å². The fourth-order valence-electron chi connectivity index (χ4n) is 21.1. The molecule has 15 rings (SSSR count). The summed E-state index contributed by atoms with van der Waals surface area (Å²) in [4.78, 5) is 35.3. The van der Waals surface area contributed by atoms with Gasteiger partial charge in [0.15, 0.2) is 5.78 Å². The standard InChI is InChI=1S/C26H33NO2.C24H31NO.C24H29NO/c1-17(28)29-20-10-12-25(2)19(15-20)6-7-21-23-9-8-22(18-5-4-14-27-16-18)26(23,3)13-11-24(21)25;2*1-23-11-9-18(26)14-17(23)5-6-19-21-8-7-20(16-4-3-13-25-15-16)24(21,2)12-10-22(19)23/h4-6,8,14,16,20-21,23-24H,7,9-13,15H2,1-3H3;3-5,7,13,15,18-19,21-22,26H,6,8-12,14H2,1-2H3;3-4,7,13-15,19,21-22H,5-6,8-12H2,1-2H3/t20-,21?,23?,24?,25-,26+;18-,19?,21?,22?,23-,24+;19?,21?,22?,23-,24+/m000/s1/i4D,5D,14D,16D;2*3D,4D,13D,15D. The topological polar surface area (TPSA) is 102 Å². The van der Waals surface area contributed by atoms with Crippen LogP contribution in [-0.4, -0.2) is 44.0 Å². The van der Waals surface area contributed by atoms with Gasteiger partial charge in [0, 0.05) is 56.8 Å². The smallest absolute Gasteiger partial charge is 0.302 e. The molecule has 1 N–H and O–H groups in total. The van der Waals surface area contributed by atoms with Gasteiger partial charge < -0.3 is 9.84 Å². The summed E-state index contributed by atoms with van der Waals surface area (Å²) >= 11 is 0. The summed E-state index contributed by atoms with van der Waals surface area (Å²) in [5, 5.41) is 10.2. The maximum atomic E-state index is 12.0. The number of rotatable bonds is 4. The number of allylic oxidation sites excluding steroid dienone is 10. The first-order chi connectivity index (χ1) is 43.9. The summed E-state index contributed by atoms with van der Waals surface area (Å²) in [5.74, 6) is 4.96. The summed E-state index contributed by atoms with van der Waals surface area (Å²) in [7, 11) is 0. The van der Waals surface area contributed by atoms with Crippen molar-refractivity contribution in [3.8, 4) is 0 Å². The van der Waals surface area contributed by atoms with Crippen molar-refractivity contribution in [2.75, 3.05) is 0 Å².